The monoisotopic (exact) mass is 510 g/mol. The average Bonchev–Trinajstić information content (AvgIpc) is 3.46. The number of rotatable bonds is 10. The van der Waals surface area contributed by atoms with Gasteiger partial charge in [0, 0.05) is 25.1 Å². The van der Waals surface area contributed by atoms with Crippen molar-refractivity contribution < 1.29 is 0 Å². The first kappa shape index (κ1) is 24.0. The summed E-state index contributed by atoms with van der Waals surface area (Å²) in [6, 6.07) is 16.3. The van der Waals surface area contributed by atoms with Gasteiger partial charge >= 0.3 is 5.69 Å². The van der Waals surface area contributed by atoms with Crippen LogP contribution in [0.3, 0.4) is 0 Å². The van der Waals surface area contributed by atoms with E-state index >= 15 is 0 Å². The number of fused-ring (bicyclic) bond motifs is 1. The molecule has 1 saturated carbocycles. The summed E-state index contributed by atoms with van der Waals surface area (Å²) < 4.78 is 3.35. The third-order valence-corrected chi connectivity index (χ3v) is 7.24. The van der Waals surface area contributed by atoms with Crippen molar-refractivity contribution in [1.29, 1.82) is 0 Å². The highest BCUT2D eigenvalue weighted by molar-refractivity contribution is 5.80. The highest BCUT2D eigenvalue weighted by Crippen LogP contribution is 2.31. The number of hydrogen-bond acceptors (Lipinski definition) is 6. The number of aryl methyl sites for hydroxylation is 1. The Morgan fingerprint density at radius 1 is 0.974 bits per heavy atom. The molecule has 38 heavy (non-hydrogen) atoms. The van der Waals surface area contributed by atoms with E-state index < -0.39 is 0 Å². The van der Waals surface area contributed by atoms with Gasteiger partial charge in [-0.05, 0) is 52.3 Å². The number of hydrogen-bond donors (Lipinski definition) is 2. The van der Waals surface area contributed by atoms with Crippen LogP contribution in [0.25, 0.3) is 33.7 Å². The normalized spacial score (nSPS) is 13.4. The molecule has 1 fully saturated rings. The number of aromatic nitrogens is 8. The van der Waals surface area contributed by atoms with Gasteiger partial charge in [-0.25, -0.2) is 14.9 Å². The van der Waals surface area contributed by atoms with E-state index in [0.717, 1.165) is 66.6 Å². The molecular formula is C28H30N8O2. The maximum Gasteiger partial charge on any atom is 0.330 e. The molecule has 0 atom stereocenters. The van der Waals surface area contributed by atoms with Gasteiger partial charge in [0.1, 0.15) is 5.82 Å². The second-order valence-corrected chi connectivity index (χ2v) is 10.1. The van der Waals surface area contributed by atoms with Crippen molar-refractivity contribution >= 4 is 11.2 Å². The first-order valence-electron chi connectivity index (χ1n) is 13.3. The Kier molecular flexibility index (Phi) is 6.45. The maximum atomic E-state index is 13.5. The second kappa shape index (κ2) is 10.2. The predicted molar refractivity (Wildman–Crippen MR) is 145 cm³/mol. The summed E-state index contributed by atoms with van der Waals surface area (Å²) in [6.45, 7) is 3.13. The van der Waals surface area contributed by atoms with E-state index in [4.69, 9.17) is 4.98 Å². The molecule has 1 aliphatic carbocycles. The summed E-state index contributed by atoms with van der Waals surface area (Å²) in [6.07, 6.45) is 6.04. The summed E-state index contributed by atoms with van der Waals surface area (Å²) in [5.41, 5.74) is 4.25. The van der Waals surface area contributed by atoms with Gasteiger partial charge < -0.3 is 4.57 Å². The van der Waals surface area contributed by atoms with Gasteiger partial charge in [-0.15, -0.1) is 5.10 Å². The van der Waals surface area contributed by atoms with Crippen molar-refractivity contribution in [2.45, 2.75) is 58.5 Å². The number of aromatic amines is 2. The Morgan fingerprint density at radius 2 is 1.76 bits per heavy atom. The van der Waals surface area contributed by atoms with Gasteiger partial charge in [0.2, 0.25) is 0 Å². The van der Waals surface area contributed by atoms with Gasteiger partial charge in [0.15, 0.2) is 17.0 Å². The number of tetrazole rings is 1. The van der Waals surface area contributed by atoms with E-state index in [2.05, 4.69) is 56.8 Å². The first-order valence-corrected chi connectivity index (χ1v) is 13.3. The lowest BCUT2D eigenvalue weighted by Crippen LogP contribution is -2.36. The van der Waals surface area contributed by atoms with Crippen LogP contribution in [0, 0.1) is 5.92 Å². The minimum Gasteiger partial charge on any atom is -0.318 e. The number of nitrogens with zero attached hydrogens (tertiary/aromatic N) is 6. The number of H-pyrrole nitrogens is 2. The summed E-state index contributed by atoms with van der Waals surface area (Å²) >= 11 is 0. The molecular weight excluding hydrogens is 480 g/mol. The Morgan fingerprint density at radius 3 is 2.47 bits per heavy atom. The Labute approximate surface area is 218 Å². The molecule has 0 amide bonds. The van der Waals surface area contributed by atoms with Crippen molar-refractivity contribution in [3.63, 3.8) is 0 Å². The van der Waals surface area contributed by atoms with E-state index in [-0.39, 0.29) is 11.2 Å². The van der Waals surface area contributed by atoms with Crippen LogP contribution in [-0.4, -0.2) is 39.7 Å². The summed E-state index contributed by atoms with van der Waals surface area (Å²) in [4.78, 5) is 33.8. The third kappa shape index (κ3) is 4.69. The molecule has 3 aromatic heterocycles. The van der Waals surface area contributed by atoms with Gasteiger partial charge in [0.05, 0.1) is 0 Å². The van der Waals surface area contributed by atoms with Crippen LogP contribution < -0.4 is 11.2 Å². The summed E-state index contributed by atoms with van der Waals surface area (Å²) in [5.74, 6) is 1.86. The molecule has 0 aliphatic heterocycles. The Hall–Kier alpha value is -4.34. The topological polar surface area (TPSA) is 127 Å². The molecule has 0 radical (unpaired) electrons. The fourth-order valence-corrected chi connectivity index (χ4v) is 5.00. The molecule has 10 heteroatoms. The zero-order valence-corrected chi connectivity index (χ0v) is 21.4. The van der Waals surface area contributed by atoms with Crippen LogP contribution >= 0.6 is 0 Å². The number of benzene rings is 2. The molecule has 2 aromatic carbocycles. The quantitative estimate of drug-likeness (QED) is 0.274. The maximum absolute atomic E-state index is 13.5. The van der Waals surface area contributed by atoms with E-state index in [0.29, 0.717) is 36.0 Å². The zero-order chi connectivity index (χ0) is 26.1. The van der Waals surface area contributed by atoms with Crippen molar-refractivity contribution in [1.82, 2.24) is 39.7 Å². The molecule has 2 N–H and O–H groups in total. The molecule has 0 bridgehead atoms. The molecule has 0 spiro atoms. The molecule has 0 saturated heterocycles. The van der Waals surface area contributed by atoms with E-state index in [1.54, 1.807) is 0 Å². The molecule has 5 aromatic rings. The largest absolute Gasteiger partial charge is 0.330 e. The molecule has 3 heterocycles. The Bertz CT molecular complexity index is 1680. The van der Waals surface area contributed by atoms with E-state index in [1.807, 2.05) is 28.8 Å². The van der Waals surface area contributed by atoms with Crippen LogP contribution in [0.1, 0.15) is 50.4 Å². The fourth-order valence-electron chi connectivity index (χ4n) is 5.00. The number of unbranched alkanes of at least 4 members (excludes halogenated alkanes) is 2. The standard InChI is InChI=1S/C28H30N8O2/c1-2-3-4-9-23-29-26-24(27(37)36(28(38)30-26)17-18-10-11-18)35(23)16-19-12-14-20(15-13-19)21-7-5-6-8-22(21)25-31-33-34-32-25/h5-8,12-15,18H,2-4,9-11,16-17H2,1H3,(H,30,38)(H,31,32,33,34). The minimum atomic E-state index is -0.371. The number of imidazole rings is 1. The van der Waals surface area contributed by atoms with Crippen molar-refractivity contribution in [3.05, 3.63) is 80.8 Å². The molecule has 1 aliphatic rings. The lowest BCUT2D eigenvalue weighted by atomic mass is 9.98. The number of nitrogens with one attached hydrogen (secondary N) is 2. The molecule has 6 rings (SSSR count). The van der Waals surface area contributed by atoms with Crippen LogP contribution in [0.15, 0.2) is 58.1 Å². The summed E-state index contributed by atoms with van der Waals surface area (Å²) in [7, 11) is 0. The van der Waals surface area contributed by atoms with Crippen LogP contribution in [0.4, 0.5) is 0 Å². The van der Waals surface area contributed by atoms with E-state index in [9.17, 15) is 9.59 Å². The minimum absolute atomic E-state index is 0.254. The van der Waals surface area contributed by atoms with E-state index in [1.165, 1.54) is 4.57 Å². The Balaban J connectivity index is 1.37. The average molecular weight is 511 g/mol. The molecule has 194 valence electrons. The summed E-state index contributed by atoms with van der Waals surface area (Å²) in [5, 5.41) is 14.3. The van der Waals surface area contributed by atoms with Crippen LogP contribution in [0.2, 0.25) is 0 Å². The first-order chi connectivity index (χ1) is 18.6. The highest BCUT2D eigenvalue weighted by Gasteiger charge is 2.25. The SMILES string of the molecule is CCCCCc1nc2[nH]c(=O)n(CC3CC3)c(=O)c2n1Cc1ccc(-c2ccccc2-c2nnn[nH]2)cc1. The van der Waals surface area contributed by atoms with Gasteiger partial charge in [0.25, 0.3) is 5.56 Å². The lowest BCUT2D eigenvalue weighted by molar-refractivity contribution is 0.578. The zero-order valence-electron chi connectivity index (χ0n) is 21.4. The molecule has 0 unspecified atom stereocenters. The van der Waals surface area contributed by atoms with Gasteiger partial charge in [-0.3, -0.25) is 14.3 Å². The highest BCUT2D eigenvalue weighted by atomic mass is 16.2. The van der Waals surface area contributed by atoms with Gasteiger partial charge in [-0.2, -0.15) is 0 Å². The van der Waals surface area contributed by atoms with Crippen molar-refractivity contribution in [3.8, 4) is 22.5 Å². The van der Waals surface area contributed by atoms with Crippen molar-refractivity contribution in [2.24, 2.45) is 5.92 Å². The third-order valence-electron chi connectivity index (χ3n) is 7.24. The predicted octanol–water partition coefficient (Wildman–Crippen LogP) is 3.92. The molecule has 10 nitrogen and oxygen atoms in total. The lowest BCUT2D eigenvalue weighted by Gasteiger charge is -2.12. The van der Waals surface area contributed by atoms with Gasteiger partial charge in [-0.1, -0.05) is 68.3 Å². The van der Waals surface area contributed by atoms with Crippen LogP contribution in [-0.2, 0) is 19.5 Å². The van der Waals surface area contributed by atoms with Crippen molar-refractivity contribution in [2.75, 3.05) is 0 Å². The smallest absolute Gasteiger partial charge is 0.318 e. The second-order valence-electron chi connectivity index (χ2n) is 10.1. The van der Waals surface area contributed by atoms with Crippen LogP contribution in [0.5, 0.6) is 0 Å². The fraction of sp³-hybridized carbons (Fsp3) is 0.357.